The van der Waals surface area contributed by atoms with Crippen molar-refractivity contribution in [1.82, 2.24) is 0 Å². The minimum absolute atomic E-state index is 0.0459. The molecule has 8 heteroatoms. The number of aromatic carboxylic acids is 1. The van der Waals surface area contributed by atoms with Crippen molar-refractivity contribution in [2.24, 2.45) is 0 Å². The lowest BCUT2D eigenvalue weighted by Gasteiger charge is -2.10. The number of nitriles is 3. The van der Waals surface area contributed by atoms with Gasteiger partial charge in [-0.05, 0) is 18.2 Å². The fraction of sp³-hybridized carbons (Fsp3) is 0.0714. The number of nitrogens with zero attached hydrogens (tertiary/aromatic N) is 3. The summed E-state index contributed by atoms with van der Waals surface area (Å²) >= 11 is 0. The average Bonchev–Trinajstić information content (AvgIpc) is 2.53. The van der Waals surface area contributed by atoms with Crippen LogP contribution in [0.5, 0.6) is 0 Å². The van der Waals surface area contributed by atoms with Gasteiger partial charge in [0.15, 0.2) is 5.57 Å². The van der Waals surface area contributed by atoms with E-state index in [2.05, 4.69) is 10.1 Å². The number of hydrogen-bond donors (Lipinski definition) is 2. The van der Waals surface area contributed by atoms with Gasteiger partial charge in [0.25, 0.3) is 0 Å². The summed E-state index contributed by atoms with van der Waals surface area (Å²) in [6.45, 7) is 0. The Bertz CT molecular complexity index is 775. The third-order valence-corrected chi connectivity index (χ3v) is 2.52. The van der Waals surface area contributed by atoms with E-state index >= 15 is 0 Å². The van der Waals surface area contributed by atoms with E-state index in [-0.39, 0.29) is 16.8 Å². The van der Waals surface area contributed by atoms with Crippen molar-refractivity contribution in [3.8, 4) is 18.2 Å². The number of allylic oxidation sites excluding steroid dienone is 2. The Morgan fingerprint density at radius 3 is 2.27 bits per heavy atom. The second-order valence-electron chi connectivity index (χ2n) is 3.77. The Labute approximate surface area is 125 Å². The molecule has 0 saturated heterocycles. The number of rotatable bonds is 4. The highest BCUT2D eigenvalue weighted by atomic mass is 16.5. The monoisotopic (exact) mass is 296 g/mol. The highest BCUT2D eigenvalue weighted by Crippen LogP contribution is 2.21. The second-order valence-corrected chi connectivity index (χ2v) is 3.77. The molecule has 0 fully saturated rings. The predicted octanol–water partition coefficient (Wildman–Crippen LogP) is 1.41. The van der Waals surface area contributed by atoms with Gasteiger partial charge >= 0.3 is 11.9 Å². The number of carbonyl (C=O) groups excluding carboxylic acids is 1. The van der Waals surface area contributed by atoms with Crippen molar-refractivity contribution in [1.29, 1.82) is 15.8 Å². The molecule has 0 saturated carbocycles. The molecule has 0 amide bonds. The van der Waals surface area contributed by atoms with Crippen LogP contribution >= 0.6 is 0 Å². The van der Waals surface area contributed by atoms with E-state index in [4.69, 9.17) is 20.9 Å². The van der Waals surface area contributed by atoms with Gasteiger partial charge in [0.05, 0.1) is 23.9 Å². The molecule has 0 bridgehead atoms. The van der Waals surface area contributed by atoms with Crippen LogP contribution in [0.25, 0.3) is 0 Å². The van der Waals surface area contributed by atoms with Gasteiger partial charge in [-0.1, -0.05) is 0 Å². The molecule has 0 aliphatic rings. The number of carbonyl (C=O) groups is 2. The van der Waals surface area contributed by atoms with E-state index < -0.39 is 23.2 Å². The van der Waals surface area contributed by atoms with Crippen LogP contribution in [0, 0.1) is 34.0 Å². The minimum atomic E-state index is -1.25. The SMILES string of the molecule is COC(=O)c1ccc(C(=O)O)cc1NC(C#N)=C(C#N)C#N. The quantitative estimate of drug-likeness (QED) is 0.626. The lowest BCUT2D eigenvalue weighted by atomic mass is 10.1. The normalized spacial score (nSPS) is 8.64. The summed E-state index contributed by atoms with van der Waals surface area (Å²) in [4.78, 5) is 22.6. The molecule has 0 aliphatic heterocycles. The summed E-state index contributed by atoms with van der Waals surface area (Å²) in [7, 11) is 1.13. The number of hydrogen-bond acceptors (Lipinski definition) is 7. The van der Waals surface area contributed by atoms with E-state index in [1.807, 2.05) is 0 Å². The molecule has 2 N–H and O–H groups in total. The number of nitrogens with one attached hydrogen (secondary N) is 1. The van der Waals surface area contributed by atoms with Gasteiger partial charge in [-0.2, -0.15) is 15.8 Å². The van der Waals surface area contributed by atoms with E-state index in [1.165, 1.54) is 24.3 Å². The summed E-state index contributed by atoms with van der Waals surface area (Å²) in [6, 6.07) is 8.14. The number of esters is 1. The van der Waals surface area contributed by atoms with Gasteiger partial charge in [-0.3, -0.25) is 0 Å². The Morgan fingerprint density at radius 2 is 1.82 bits per heavy atom. The first kappa shape index (κ1) is 16.2. The van der Waals surface area contributed by atoms with Crippen molar-refractivity contribution in [2.45, 2.75) is 0 Å². The van der Waals surface area contributed by atoms with E-state index in [0.717, 1.165) is 13.2 Å². The maximum Gasteiger partial charge on any atom is 0.339 e. The van der Waals surface area contributed by atoms with Gasteiger partial charge in [0.1, 0.15) is 23.9 Å². The zero-order valence-electron chi connectivity index (χ0n) is 11.2. The molecule has 1 aromatic carbocycles. The van der Waals surface area contributed by atoms with Crippen molar-refractivity contribution in [2.75, 3.05) is 12.4 Å². The van der Waals surface area contributed by atoms with Crippen LogP contribution in [-0.2, 0) is 4.74 Å². The predicted molar refractivity (Wildman–Crippen MR) is 72.2 cm³/mol. The third kappa shape index (κ3) is 3.38. The van der Waals surface area contributed by atoms with Crippen LogP contribution in [0.3, 0.4) is 0 Å². The molecule has 1 aromatic rings. The highest BCUT2D eigenvalue weighted by Gasteiger charge is 2.17. The number of ether oxygens (including phenoxy) is 1. The van der Waals surface area contributed by atoms with E-state index in [0.29, 0.717) is 0 Å². The maximum absolute atomic E-state index is 11.7. The Hall–Kier alpha value is -3.83. The molecule has 1 rings (SSSR count). The molecule has 0 unspecified atom stereocenters. The summed E-state index contributed by atoms with van der Waals surface area (Å²) in [6.07, 6.45) is 0. The van der Waals surface area contributed by atoms with Gasteiger partial charge < -0.3 is 15.2 Å². The van der Waals surface area contributed by atoms with Gasteiger partial charge in [-0.25, -0.2) is 9.59 Å². The number of carboxylic acid groups (broad SMARTS) is 1. The van der Waals surface area contributed by atoms with Crippen LogP contribution in [0.2, 0.25) is 0 Å². The zero-order valence-corrected chi connectivity index (χ0v) is 11.2. The van der Waals surface area contributed by atoms with E-state index in [9.17, 15) is 9.59 Å². The lowest BCUT2D eigenvalue weighted by molar-refractivity contribution is 0.0599. The minimum Gasteiger partial charge on any atom is -0.478 e. The van der Waals surface area contributed by atoms with Crippen molar-refractivity contribution >= 4 is 17.6 Å². The Kier molecular flexibility index (Phi) is 5.23. The smallest absolute Gasteiger partial charge is 0.339 e. The average molecular weight is 296 g/mol. The maximum atomic E-state index is 11.7. The first-order valence-electron chi connectivity index (χ1n) is 5.65. The summed E-state index contributed by atoms with van der Waals surface area (Å²) < 4.78 is 4.55. The molecule has 0 atom stereocenters. The van der Waals surface area contributed by atoms with Crippen molar-refractivity contribution < 1.29 is 19.4 Å². The van der Waals surface area contributed by atoms with Gasteiger partial charge in [-0.15, -0.1) is 0 Å². The summed E-state index contributed by atoms with van der Waals surface area (Å²) in [5.41, 5.74) is -1.17. The van der Waals surface area contributed by atoms with Crippen molar-refractivity contribution in [3.05, 3.63) is 40.6 Å². The fourth-order valence-corrected chi connectivity index (χ4v) is 1.49. The molecule has 0 aliphatic carbocycles. The van der Waals surface area contributed by atoms with Gasteiger partial charge in [0.2, 0.25) is 0 Å². The fourth-order valence-electron chi connectivity index (χ4n) is 1.49. The highest BCUT2D eigenvalue weighted by molar-refractivity contribution is 5.99. The Balaban J connectivity index is 3.48. The summed E-state index contributed by atoms with van der Waals surface area (Å²) in [5, 5.41) is 37.9. The van der Waals surface area contributed by atoms with E-state index in [1.54, 1.807) is 6.07 Å². The van der Waals surface area contributed by atoms with Crippen LogP contribution in [-0.4, -0.2) is 24.2 Å². The Morgan fingerprint density at radius 1 is 1.18 bits per heavy atom. The standard InChI is InChI=1S/C14H8N4O4/c1-22-14(21)10-3-2-8(13(19)20)4-11(10)18-12(7-17)9(5-15)6-16/h2-4,18H,1H3,(H,19,20). The van der Waals surface area contributed by atoms with Crippen molar-refractivity contribution in [3.63, 3.8) is 0 Å². The molecule has 22 heavy (non-hydrogen) atoms. The number of carboxylic acids is 1. The molecule has 0 heterocycles. The lowest BCUT2D eigenvalue weighted by Crippen LogP contribution is -2.10. The second kappa shape index (κ2) is 7.09. The van der Waals surface area contributed by atoms with Crippen LogP contribution in [0.1, 0.15) is 20.7 Å². The van der Waals surface area contributed by atoms with Gasteiger partial charge in [0, 0.05) is 0 Å². The molecule has 0 spiro atoms. The summed E-state index contributed by atoms with van der Waals surface area (Å²) in [5.74, 6) is -2.02. The largest absolute Gasteiger partial charge is 0.478 e. The number of benzene rings is 1. The van der Waals surface area contributed by atoms with Crippen LogP contribution in [0.4, 0.5) is 5.69 Å². The molecule has 0 radical (unpaired) electrons. The molecule has 8 nitrogen and oxygen atoms in total. The topological polar surface area (TPSA) is 147 Å². The molecular formula is C14H8N4O4. The first-order chi connectivity index (χ1) is 10.5. The molecular weight excluding hydrogens is 288 g/mol. The van der Waals surface area contributed by atoms with Crippen LogP contribution < -0.4 is 5.32 Å². The number of anilines is 1. The zero-order chi connectivity index (χ0) is 16.7. The molecule has 108 valence electrons. The third-order valence-electron chi connectivity index (χ3n) is 2.52. The van der Waals surface area contributed by atoms with Crippen LogP contribution in [0.15, 0.2) is 29.5 Å². The molecule has 0 aromatic heterocycles. The number of methoxy groups -OCH3 is 1. The first-order valence-corrected chi connectivity index (χ1v) is 5.65.